The van der Waals surface area contributed by atoms with Gasteiger partial charge in [0.1, 0.15) is 5.69 Å². The molecule has 0 aliphatic heterocycles. The number of rotatable bonds is 7. The minimum Gasteiger partial charge on any atom is -0.354 e. The third kappa shape index (κ3) is 4.70. The van der Waals surface area contributed by atoms with Crippen LogP contribution in [0.5, 0.6) is 0 Å². The number of hydrogen-bond acceptors (Lipinski definition) is 3. The molecule has 4 nitrogen and oxygen atoms in total. The first-order valence-electron chi connectivity index (χ1n) is 8.89. The number of carbonyl (C=O) groups excluding carboxylic acids is 1. The first-order chi connectivity index (χ1) is 12.8. The Morgan fingerprint density at radius 1 is 0.962 bits per heavy atom. The van der Waals surface area contributed by atoms with E-state index in [-0.39, 0.29) is 5.91 Å². The number of para-hydroxylation sites is 1. The number of nitrogens with one attached hydrogen (secondary N) is 2. The van der Waals surface area contributed by atoms with Gasteiger partial charge >= 0.3 is 0 Å². The van der Waals surface area contributed by atoms with Crippen LogP contribution in [0.1, 0.15) is 28.5 Å². The molecule has 0 fully saturated rings. The topological polar surface area (TPSA) is 54.0 Å². The Balaban J connectivity index is 1.56. The summed E-state index contributed by atoms with van der Waals surface area (Å²) in [4.78, 5) is 16.5. The van der Waals surface area contributed by atoms with Gasteiger partial charge in [0.25, 0.3) is 5.91 Å². The Labute approximate surface area is 154 Å². The van der Waals surface area contributed by atoms with Crippen LogP contribution < -0.4 is 10.6 Å². The van der Waals surface area contributed by atoms with Gasteiger partial charge in [0, 0.05) is 12.2 Å². The van der Waals surface area contributed by atoms with Crippen LogP contribution in [0.25, 0.3) is 0 Å². The molecular weight excluding hydrogens is 322 g/mol. The summed E-state index contributed by atoms with van der Waals surface area (Å²) in [5.74, 6) is -0.151. The van der Waals surface area contributed by atoms with Gasteiger partial charge in [0.15, 0.2) is 0 Å². The molecule has 2 N–H and O–H groups in total. The monoisotopic (exact) mass is 345 g/mol. The molecule has 1 amide bonds. The van der Waals surface area contributed by atoms with Crippen molar-refractivity contribution < 1.29 is 4.79 Å². The summed E-state index contributed by atoms with van der Waals surface area (Å²) in [5.41, 5.74) is 4.81. The maximum Gasteiger partial charge on any atom is 0.269 e. The molecule has 0 aliphatic rings. The number of nitrogens with zero attached hydrogens (tertiary/aromatic N) is 1. The average molecular weight is 345 g/mol. The lowest BCUT2D eigenvalue weighted by atomic mass is 10.1. The largest absolute Gasteiger partial charge is 0.354 e. The van der Waals surface area contributed by atoms with E-state index < -0.39 is 0 Å². The van der Waals surface area contributed by atoms with Gasteiger partial charge in [-0.3, -0.25) is 4.79 Å². The first kappa shape index (κ1) is 17.7. The molecule has 0 unspecified atom stereocenters. The average Bonchev–Trinajstić information content (AvgIpc) is 2.70. The number of aromatic nitrogens is 1. The zero-order chi connectivity index (χ0) is 18.2. The third-order valence-electron chi connectivity index (χ3n) is 4.22. The van der Waals surface area contributed by atoms with E-state index in [1.165, 1.54) is 11.1 Å². The van der Waals surface area contributed by atoms with Crippen LogP contribution in [-0.2, 0) is 12.8 Å². The lowest BCUT2D eigenvalue weighted by Gasteiger charge is -2.11. The highest BCUT2D eigenvalue weighted by molar-refractivity contribution is 5.92. The van der Waals surface area contributed by atoms with Gasteiger partial charge in [-0.05, 0) is 42.2 Å². The van der Waals surface area contributed by atoms with Crippen molar-refractivity contribution in [2.75, 3.05) is 11.9 Å². The lowest BCUT2D eigenvalue weighted by molar-refractivity contribution is 0.0949. The molecule has 4 heteroatoms. The SMILES string of the molecule is CCc1ccccc1Nc1ccc(C(=O)NCCc2ccccc2)nc1. The van der Waals surface area contributed by atoms with Crippen LogP contribution >= 0.6 is 0 Å². The Hall–Kier alpha value is -3.14. The summed E-state index contributed by atoms with van der Waals surface area (Å²) < 4.78 is 0. The molecule has 0 saturated heterocycles. The highest BCUT2D eigenvalue weighted by Gasteiger charge is 2.07. The summed E-state index contributed by atoms with van der Waals surface area (Å²) in [6.45, 7) is 2.72. The number of hydrogen-bond donors (Lipinski definition) is 2. The molecule has 3 aromatic rings. The van der Waals surface area contributed by atoms with Crippen molar-refractivity contribution in [3.63, 3.8) is 0 Å². The minimum atomic E-state index is -0.151. The van der Waals surface area contributed by atoms with E-state index in [1.807, 2.05) is 42.5 Å². The molecule has 3 rings (SSSR count). The fourth-order valence-electron chi connectivity index (χ4n) is 2.76. The maximum atomic E-state index is 12.2. The second-order valence-electron chi connectivity index (χ2n) is 6.06. The van der Waals surface area contributed by atoms with Crippen LogP contribution in [0.3, 0.4) is 0 Å². The molecule has 0 aliphatic carbocycles. The molecule has 2 aromatic carbocycles. The fourth-order valence-corrected chi connectivity index (χ4v) is 2.76. The molecule has 0 radical (unpaired) electrons. The van der Waals surface area contributed by atoms with Crippen molar-refractivity contribution >= 4 is 17.3 Å². The minimum absolute atomic E-state index is 0.151. The Kier molecular flexibility index (Phi) is 5.99. The van der Waals surface area contributed by atoms with Crippen molar-refractivity contribution in [1.82, 2.24) is 10.3 Å². The van der Waals surface area contributed by atoms with Gasteiger partial charge < -0.3 is 10.6 Å². The zero-order valence-corrected chi connectivity index (χ0v) is 14.9. The van der Waals surface area contributed by atoms with Crippen molar-refractivity contribution in [2.45, 2.75) is 19.8 Å². The first-order valence-corrected chi connectivity index (χ1v) is 8.89. The molecule has 1 heterocycles. The molecule has 0 saturated carbocycles. The molecule has 132 valence electrons. The highest BCUT2D eigenvalue weighted by Crippen LogP contribution is 2.20. The summed E-state index contributed by atoms with van der Waals surface area (Å²) >= 11 is 0. The van der Waals surface area contributed by atoms with Gasteiger partial charge in [-0.15, -0.1) is 0 Å². The van der Waals surface area contributed by atoms with Crippen molar-refractivity contribution in [3.05, 3.63) is 89.7 Å². The van der Waals surface area contributed by atoms with E-state index in [0.717, 1.165) is 24.2 Å². The van der Waals surface area contributed by atoms with Crippen LogP contribution in [0.2, 0.25) is 0 Å². The molecule has 0 spiro atoms. The predicted molar refractivity (Wildman–Crippen MR) is 106 cm³/mol. The molecule has 0 atom stereocenters. The van der Waals surface area contributed by atoms with E-state index in [0.29, 0.717) is 12.2 Å². The number of pyridine rings is 1. The smallest absolute Gasteiger partial charge is 0.269 e. The van der Waals surface area contributed by atoms with Gasteiger partial charge in [-0.1, -0.05) is 55.5 Å². The summed E-state index contributed by atoms with van der Waals surface area (Å²) in [7, 11) is 0. The van der Waals surface area contributed by atoms with Gasteiger partial charge in [-0.25, -0.2) is 4.98 Å². The maximum absolute atomic E-state index is 12.2. The van der Waals surface area contributed by atoms with Gasteiger partial charge in [0.2, 0.25) is 0 Å². The van der Waals surface area contributed by atoms with Gasteiger partial charge in [-0.2, -0.15) is 0 Å². The van der Waals surface area contributed by atoms with Crippen molar-refractivity contribution in [2.24, 2.45) is 0 Å². The van der Waals surface area contributed by atoms with Crippen molar-refractivity contribution in [1.29, 1.82) is 0 Å². The summed E-state index contributed by atoms with van der Waals surface area (Å²) in [6.07, 6.45) is 3.46. The van der Waals surface area contributed by atoms with Crippen LogP contribution in [0.15, 0.2) is 72.9 Å². The van der Waals surface area contributed by atoms with E-state index in [1.54, 1.807) is 12.3 Å². The Bertz CT molecular complexity index is 845. The normalized spacial score (nSPS) is 10.3. The molecule has 26 heavy (non-hydrogen) atoms. The molecule has 0 bridgehead atoms. The summed E-state index contributed by atoms with van der Waals surface area (Å²) in [6, 6.07) is 21.9. The quantitative estimate of drug-likeness (QED) is 0.669. The fraction of sp³-hybridized carbons (Fsp3) is 0.182. The predicted octanol–water partition coefficient (Wildman–Crippen LogP) is 4.36. The second kappa shape index (κ2) is 8.81. The van der Waals surface area contributed by atoms with Crippen LogP contribution in [0, 0.1) is 0 Å². The van der Waals surface area contributed by atoms with Crippen LogP contribution in [-0.4, -0.2) is 17.4 Å². The number of aryl methyl sites for hydroxylation is 1. The highest BCUT2D eigenvalue weighted by atomic mass is 16.1. The van der Waals surface area contributed by atoms with E-state index >= 15 is 0 Å². The second-order valence-corrected chi connectivity index (χ2v) is 6.06. The third-order valence-corrected chi connectivity index (χ3v) is 4.22. The zero-order valence-electron chi connectivity index (χ0n) is 14.9. The Morgan fingerprint density at radius 2 is 1.73 bits per heavy atom. The van der Waals surface area contributed by atoms with Crippen molar-refractivity contribution in [3.8, 4) is 0 Å². The van der Waals surface area contributed by atoms with Crippen LogP contribution in [0.4, 0.5) is 11.4 Å². The molecule has 1 aromatic heterocycles. The number of amides is 1. The van der Waals surface area contributed by atoms with E-state index in [4.69, 9.17) is 0 Å². The van der Waals surface area contributed by atoms with Gasteiger partial charge in [0.05, 0.1) is 11.9 Å². The number of benzene rings is 2. The standard InChI is InChI=1S/C22H23N3O/c1-2-18-10-6-7-11-20(18)25-19-12-13-21(24-16-19)22(26)23-15-14-17-8-4-3-5-9-17/h3-13,16,25H,2,14-15H2,1H3,(H,23,26). The molecular formula is C22H23N3O. The summed E-state index contributed by atoms with van der Waals surface area (Å²) in [5, 5.41) is 6.27. The number of carbonyl (C=O) groups is 1. The number of anilines is 2. The Morgan fingerprint density at radius 3 is 2.46 bits per heavy atom. The lowest BCUT2D eigenvalue weighted by Crippen LogP contribution is -2.26. The van der Waals surface area contributed by atoms with E-state index in [9.17, 15) is 4.79 Å². The van der Waals surface area contributed by atoms with E-state index in [2.05, 4.69) is 40.7 Å².